The van der Waals surface area contributed by atoms with Crippen LogP contribution < -0.4 is 11.1 Å². The molecule has 1 aliphatic heterocycles. The number of aliphatic hydroxyl groups is 1. The van der Waals surface area contributed by atoms with Gasteiger partial charge in [0.15, 0.2) is 0 Å². The minimum Gasteiger partial charge on any atom is -0.466 e. The van der Waals surface area contributed by atoms with Crippen LogP contribution in [0.4, 0.5) is 0 Å². The standard InChI is InChI=1S/C20H24Cl2N2O6/c1-11-15(19(26)28-2)16(12-4-3-5-13(21)18(12)22)17(20(27)30-9-7-25)14(24-11)10-29-8-6-23/h3-5,16,24-25H,6-10,23H2,1-2H3. The highest BCUT2D eigenvalue weighted by Crippen LogP contribution is 2.43. The Morgan fingerprint density at radius 1 is 1.20 bits per heavy atom. The molecule has 0 aliphatic carbocycles. The minimum absolute atomic E-state index is 0.0151. The molecule has 4 N–H and O–H groups in total. The Hall–Kier alpha value is -2.10. The number of rotatable bonds is 9. The lowest BCUT2D eigenvalue weighted by molar-refractivity contribution is -0.140. The maximum Gasteiger partial charge on any atom is 0.336 e. The van der Waals surface area contributed by atoms with E-state index >= 15 is 0 Å². The fourth-order valence-corrected chi connectivity index (χ4v) is 3.58. The molecule has 0 fully saturated rings. The number of nitrogens with two attached hydrogens (primary N) is 1. The van der Waals surface area contributed by atoms with E-state index in [1.165, 1.54) is 7.11 Å². The van der Waals surface area contributed by atoms with E-state index in [1.54, 1.807) is 25.1 Å². The van der Waals surface area contributed by atoms with Crippen LogP contribution >= 0.6 is 23.2 Å². The van der Waals surface area contributed by atoms with Crippen molar-refractivity contribution in [2.75, 3.05) is 40.1 Å². The van der Waals surface area contributed by atoms with Gasteiger partial charge in [0.1, 0.15) is 6.61 Å². The van der Waals surface area contributed by atoms with Crippen LogP contribution in [0, 0.1) is 0 Å². The maximum absolute atomic E-state index is 13.0. The van der Waals surface area contributed by atoms with Crippen molar-refractivity contribution in [1.82, 2.24) is 5.32 Å². The summed E-state index contributed by atoms with van der Waals surface area (Å²) in [4.78, 5) is 25.6. The number of aliphatic hydroxyl groups excluding tert-OH is 1. The Kier molecular flexibility index (Phi) is 9.13. The van der Waals surface area contributed by atoms with Gasteiger partial charge in [-0.3, -0.25) is 0 Å². The number of allylic oxidation sites excluding steroid dienone is 1. The number of carbonyl (C=O) groups is 2. The summed E-state index contributed by atoms with van der Waals surface area (Å²) in [6, 6.07) is 4.93. The molecule has 1 heterocycles. The van der Waals surface area contributed by atoms with Crippen LogP contribution in [0.3, 0.4) is 0 Å². The van der Waals surface area contributed by atoms with Crippen molar-refractivity contribution in [1.29, 1.82) is 0 Å². The van der Waals surface area contributed by atoms with Gasteiger partial charge < -0.3 is 30.4 Å². The second-order valence-corrected chi connectivity index (χ2v) is 7.11. The molecule has 1 unspecified atom stereocenters. The number of esters is 2. The summed E-state index contributed by atoms with van der Waals surface area (Å²) in [5.74, 6) is -2.30. The lowest BCUT2D eigenvalue weighted by Gasteiger charge is -2.32. The van der Waals surface area contributed by atoms with Crippen molar-refractivity contribution in [2.45, 2.75) is 12.8 Å². The van der Waals surface area contributed by atoms with E-state index in [2.05, 4.69) is 5.32 Å². The summed E-state index contributed by atoms with van der Waals surface area (Å²) in [5, 5.41) is 12.6. The zero-order valence-electron chi connectivity index (χ0n) is 16.7. The number of nitrogens with one attached hydrogen (secondary N) is 1. The Bertz CT molecular complexity index is 869. The van der Waals surface area contributed by atoms with E-state index in [0.717, 1.165) is 0 Å². The number of dihydropyridines is 1. The van der Waals surface area contributed by atoms with Crippen molar-refractivity contribution in [3.05, 3.63) is 56.3 Å². The van der Waals surface area contributed by atoms with E-state index in [0.29, 0.717) is 23.5 Å². The number of hydrogen-bond donors (Lipinski definition) is 3. The van der Waals surface area contributed by atoms with Gasteiger partial charge >= 0.3 is 11.9 Å². The highest BCUT2D eigenvalue weighted by Gasteiger charge is 2.40. The van der Waals surface area contributed by atoms with Gasteiger partial charge in [0.25, 0.3) is 0 Å². The second-order valence-electron chi connectivity index (χ2n) is 6.32. The highest BCUT2D eigenvalue weighted by atomic mass is 35.5. The van der Waals surface area contributed by atoms with Crippen molar-refractivity contribution in [2.24, 2.45) is 5.73 Å². The Morgan fingerprint density at radius 2 is 1.93 bits per heavy atom. The smallest absolute Gasteiger partial charge is 0.336 e. The molecule has 10 heteroatoms. The van der Waals surface area contributed by atoms with E-state index < -0.39 is 17.9 Å². The third-order valence-corrected chi connectivity index (χ3v) is 5.23. The van der Waals surface area contributed by atoms with Gasteiger partial charge in [-0.05, 0) is 18.6 Å². The molecule has 0 saturated heterocycles. The minimum atomic E-state index is -0.924. The summed E-state index contributed by atoms with van der Waals surface area (Å²) in [5.41, 5.74) is 7.05. The Labute approximate surface area is 184 Å². The number of ether oxygens (including phenoxy) is 3. The van der Waals surface area contributed by atoms with E-state index in [4.69, 9.17) is 48.3 Å². The van der Waals surface area contributed by atoms with E-state index in [-0.39, 0.29) is 47.6 Å². The van der Waals surface area contributed by atoms with Gasteiger partial charge in [0.2, 0.25) is 0 Å². The second kappa shape index (κ2) is 11.3. The molecule has 1 aromatic carbocycles. The monoisotopic (exact) mass is 458 g/mol. The number of carbonyl (C=O) groups excluding carboxylic acids is 2. The lowest BCUT2D eigenvalue weighted by atomic mass is 9.80. The summed E-state index contributed by atoms with van der Waals surface area (Å²) in [7, 11) is 1.24. The van der Waals surface area contributed by atoms with Crippen molar-refractivity contribution >= 4 is 35.1 Å². The van der Waals surface area contributed by atoms with Gasteiger partial charge in [0, 0.05) is 12.2 Å². The summed E-state index contributed by atoms with van der Waals surface area (Å²) in [6.45, 7) is 1.68. The first-order chi connectivity index (χ1) is 14.4. The molecule has 0 aromatic heterocycles. The largest absolute Gasteiger partial charge is 0.466 e. The third-order valence-electron chi connectivity index (χ3n) is 4.40. The van der Waals surface area contributed by atoms with Crippen molar-refractivity contribution < 1.29 is 28.9 Å². The Balaban J connectivity index is 2.70. The number of hydrogen-bond acceptors (Lipinski definition) is 8. The highest BCUT2D eigenvalue weighted by molar-refractivity contribution is 6.42. The van der Waals surface area contributed by atoms with Crippen molar-refractivity contribution in [3.63, 3.8) is 0 Å². The van der Waals surface area contributed by atoms with Gasteiger partial charge in [0.05, 0.1) is 59.7 Å². The molecule has 0 spiro atoms. The van der Waals surface area contributed by atoms with Gasteiger partial charge in [-0.1, -0.05) is 35.3 Å². The summed E-state index contributed by atoms with van der Waals surface area (Å²) < 4.78 is 15.6. The molecule has 0 saturated carbocycles. The molecule has 1 aromatic rings. The summed E-state index contributed by atoms with van der Waals surface area (Å²) >= 11 is 12.6. The van der Waals surface area contributed by atoms with Gasteiger partial charge in [-0.15, -0.1) is 0 Å². The fourth-order valence-electron chi connectivity index (χ4n) is 3.16. The maximum atomic E-state index is 13.0. The normalized spacial score (nSPS) is 16.4. The quantitative estimate of drug-likeness (QED) is 0.378. The third kappa shape index (κ3) is 5.33. The first-order valence-electron chi connectivity index (χ1n) is 9.16. The average molecular weight is 459 g/mol. The topological polar surface area (TPSA) is 120 Å². The predicted octanol–water partition coefficient (Wildman–Crippen LogP) is 1.89. The molecular formula is C20H24Cl2N2O6. The van der Waals surface area contributed by atoms with Crippen LogP contribution in [-0.2, 0) is 23.8 Å². The van der Waals surface area contributed by atoms with Crippen LogP contribution in [0.5, 0.6) is 0 Å². The van der Waals surface area contributed by atoms with Crippen LogP contribution in [0.15, 0.2) is 40.7 Å². The fraction of sp³-hybridized carbons (Fsp3) is 0.400. The van der Waals surface area contributed by atoms with Crippen molar-refractivity contribution in [3.8, 4) is 0 Å². The molecular weight excluding hydrogens is 435 g/mol. The molecule has 2 rings (SSSR count). The molecule has 8 nitrogen and oxygen atoms in total. The zero-order chi connectivity index (χ0) is 22.3. The summed E-state index contributed by atoms with van der Waals surface area (Å²) in [6.07, 6.45) is 0. The molecule has 0 amide bonds. The lowest BCUT2D eigenvalue weighted by Crippen LogP contribution is -2.35. The zero-order valence-corrected chi connectivity index (χ0v) is 18.2. The van der Waals surface area contributed by atoms with Gasteiger partial charge in [-0.2, -0.15) is 0 Å². The van der Waals surface area contributed by atoms with Crippen LogP contribution in [0.1, 0.15) is 18.4 Å². The first-order valence-corrected chi connectivity index (χ1v) is 9.91. The molecule has 164 valence electrons. The molecule has 30 heavy (non-hydrogen) atoms. The number of benzene rings is 1. The van der Waals surface area contributed by atoms with E-state index in [1.807, 2.05) is 0 Å². The van der Waals surface area contributed by atoms with Crippen LogP contribution in [0.2, 0.25) is 10.0 Å². The molecule has 1 aliphatic rings. The molecule has 1 atom stereocenters. The van der Waals surface area contributed by atoms with E-state index in [9.17, 15) is 9.59 Å². The first kappa shape index (κ1) is 24.2. The Morgan fingerprint density at radius 3 is 2.57 bits per heavy atom. The number of halogens is 2. The van der Waals surface area contributed by atoms with Crippen LogP contribution in [-0.4, -0.2) is 57.1 Å². The molecule has 0 bridgehead atoms. The number of methoxy groups -OCH3 is 1. The molecule has 0 radical (unpaired) electrons. The SMILES string of the molecule is COC(=O)C1=C(C)NC(COCCN)=C(C(=O)OCCO)C1c1cccc(Cl)c1Cl. The predicted molar refractivity (Wildman–Crippen MR) is 112 cm³/mol. The van der Waals surface area contributed by atoms with Crippen LogP contribution in [0.25, 0.3) is 0 Å². The average Bonchev–Trinajstić information content (AvgIpc) is 2.73. The van der Waals surface area contributed by atoms with Gasteiger partial charge in [-0.25, -0.2) is 9.59 Å².